The molecule has 0 saturated carbocycles. The van der Waals surface area contributed by atoms with Crippen molar-refractivity contribution in [2.45, 2.75) is 26.8 Å². The SMILES string of the molecule is CC1=[N+](C)[C-](C)C(C)N1. The first kappa shape index (κ1) is 6.46. The van der Waals surface area contributed by atoms with Crippen LogP contribution < -0.4 is 5.32 Å². The van der Waals surface area contributed by atoms with Crippen LogP contribution in [0.3, 0.4) is 0 Å². The molecule has 0 fully saturated rings. The molecule has 0 bridgehead atoms. The van der Waals surface area contributed by atoms with Gasteiger partial charge in [0.2, 0.25) is 0 Å². The monoisotopic (exact) mass is 126 g/mol. The number of likely N-dealkylation sites (N-methyl/N-ethyl adjacent to an activating group) is 1. The molecular formula is C7H14N2. The second kappa shape index (κ2) is 1.94. The number of hydrogen-bond donors (Lipinski definition) is 1. The molecule has 0 aromatic heterocycles. The Morgan fingerprint density at radius 2 is 2.22 bits per heavy atom. The van der Waals surface area contributed by atoms with Gasteiger partial charge in [-0.2, -0.15) is 0 Å². The van der Waals surface area contributed by atoms with Gasteiger partial charge in [-0.1, -0.05) is 6.92 Å². The van der Waals surface area contributed by atoms with Gasteiger partial charge in [-0.15, -0.1) is 0 Å². The number of nitrogens with zero attached hydrogens (tertiary/aromatic N) is 1. The summed E-state index contributed by atoms with van der Waals surface area (Å²) >= 11 is 0. The van der Waals surface area contributed by atoms with Crippen molar-refractivity contribution in [3.05, 3.63) is 6.04 Å². The van der Waals surface area contributed by atoms with Crippen LogP contribution in [0.4, 0.5) is 0 Å². The van der Waals surface area contributed by atoms with Gasteiger partial charge in [0.1, 0.15) is 0 Å². The summed E-state index contributed by atoms with van der Waals surface area (Å²) < 4.78 is 2.19. The predicted octanol–water partition coefficient (Wildman–Crippen LogP) is 0.591. The molecule has 0 aromatic rings. The average molecular weight is 126 g/mol. The quantitative estimate of drug-likeness (QED) is 0.371. The highest BCUT2D eigenvalue weighted by Crippen LogP contribution is 2.10. The lowest BCUT2D eigenvalue weighted by Crippen LogP contribution is -2.25. The van der Waals surface area contributed by atoms with Crippen molar-refractivity contribution < 1.29 is 4.58 Å². The fourth-order valence-corrected chi connectivity index (χ4v) is 1.07. The lowest BCUT2D eigenvalue weighted by Gasteiger charge is -2.14. The third kappa shape index (κ3) is 0.889. The van der Waals surface area contributed by atoms with E-state index in [2.05, 4.69) is 37.7 Å². The number of rotatable bonds is 0. The van der Waals surface area contributed by atoms with E-state index < -0.39 is 0 Å². The molecule has 0 aromatic carbocycles. The Kier molecular flexibility index (Phi) is 1.39. The maximum Gasteiger partial charge on any atom is 0.0997 e. The molecule has 0 aliphatic carbocycles. The third-order valence-corrected chi connectivity index (χ3v) is 2.08. The van der Waals surface area contributed by atoms with E-state index in [1.165, 1.54) is 11.9 Å². The minimum absolute atomic E-state index is 0.523. The van der Waals surface area contributed by atoms with Crippen LogP contribution in [-0.2, 0) is 0 Å². The molecule has 1 rings (SSSR count). The topological polar surface area (TPSA) is 15.0 Å². The maximum absolute atomic E-state index is 3.32. The molecule has 0 amide bonds. The second-order valence-electron chi connectivity index (χ2n) is 2.65. The van der Waals surface area contributed by atoms with Gasteiger partial charge in [0.25, 0.3) is 0 Å². The molecule has 9 heavy (non-hydrogen) atoms. The van der Waals surface area contributed by atoms with Gasteiger partial charge in [0, 0.05) is 7.05 Å². The first-order valence-corrected chi connectivity index (χ1v) is 3.30. The molecule has 52 valence electrons. The van der Waals surface area contributed by atoms with Crippen LogP contribution in [0.15, 0.2) is 0 Å². The summed E-state index contributed by atoms with van der Waals surface area (Å²) in [6.07, 6.45) is 0. The minimum atomic E-state index is 0.523. The highest BCUT2D eigenvalue weighted by Gasteiger charge is 2.18. The zero-order chi connectivity index (χ0) is 7.02. The van der Waals surface area contributed by atoms with E-state index >= 15 is 0 Å². The van der Waals surface area contributed by atoms with Gasteiger partial charge in [-0.05, 0) is 19.9 Å². The molecule has 2 nitrogen and oxygen atoms in total. The van der Waals surface area contributed by atoms with E-state index in [4.69, 9.17) is 0 Å². The number of hydrogen-bond acceptors (Lipinski definition) is 1. The average Bonchev–Trinajstić information content (AvgIpc) is 1.98. The normalized spacial score (nSPS) is 27.1. The lowest BCUT2D eigenvalue weighted by molar-refractivity contribution is -0.476. The largest absolute Gasteiger partial charge is 0.395 e. The smallest absolute Gasteiger partial charge is 0.0997 e. The third-order valence-electron chi connectivity index (χ3n) is 2.08. The molecule has 0 spiro atoms. The highest BCUT2D eigenvalue weighted by atomic mass is 15.2. The van der Waals surface area contributed by atoms with Crippen LogP contribution in [0.25, 0.3) is 0 Å². The fraction of sp³-hybridized carbons (Fsp3) is 0.714. The molecule has 1 heterocycles. The summed E-state index contributed by atoms with van der Waals surface area (Å²) in [6, 6.07) is 1.92. The summed E-state index contributed by atoms with van der Waals surface area (Å²) in [5.41, 5.74) is 0. The Balaban J connectivity index is 2.74. The van der Waals surface area contributed by atoms with Crippen LogP contribution in [0.1, 0.15) is 20.8 Å². The summed E-state index contributed by atoms with van der Waals surface area (Å²) in [5, 5.41) is 3.32. The van der Waals surface area contributed by atoms with Crippen molar-refractivity contribution in [2.24, 2.45) is 0 Å². The molecule has 1 aliphatic heterocycles. The van der Waals surface area contributed by atoms with Gasteiger partial charge in [0.05, 0.1) is 11.9 Å². The molecule has 1 atom stereocenters. The Bertz CT molecular complexity index is 149. The standard InChI is InChI=1S/C7H14N2/c1-5-6(2)9(4)7(3)8-5/h5,8H,1-4H3. The van der Waals surface area contributed by atoms with Gasteiger partial charge in [-0.25, -0.2) is 0 Å². The van der Waals surface area contributed by atoms with Gasteiger partial charge >= 0.3 is 0 Å². The highest BCUT2D eigenvalue weighted by molar-refractivity contribution is 5.76. The van der Waals surface area contributed by atoms with Crippen molar-refractivity contribution in [3.63, 3.8) is 0 Å². The van der Waals surface area contributed by atoms with Crippen LogP contribution >= 0.6 is 0 Å². The molecule has 1 N–H and O–H groups in total. The van der Waals surface area contributed by atoms with Crippen molar-refractivity contribution in [2.75, 3.05) is 7.05 Å². The molecular weight excluding hydrogens is 112 g/mol. The zero-order valence-electron chi connectivity index (χ0n) is 6.52. The van der Waals surface area contributed by atoms with Gasteiger partial charge in [-0.3, -0.25) is 0 Å². The first-order chi connectivity index (χ1) is 4.13. The van der Waals surface area contributed by atoms with Crippen LogP contribution in [-0.4, -0.2) is 23.5 Å². The van der Waals surface area contributed by atoms with E-state index in [0.29, 0.717) is 6.04 Å². The Hall–Kier alpha value is -0.660. The Labute approximate surface area is 56.6 Å². The molecule has 2 heteroatoms. The van der Waals surface area contributed by atoms with E-state index in [1.54, 1.807) is 0 Å². The van der Waals surface area contributed by atoms with Crippen LogP contribution in [0.5, 0.6) is 0 Å². The molecule has 1 unspecified atom stereocenters. The summed E-state index contributed by atoms with van der Waals surface area (Å²) in [6.45, 7) is 6.41. The van der Waals surface area contributed by atoms with Crippen LogP contribution in [0.2, 0.25) is 0 Å². The summed E-state index contributed by atoms with van der Waals surface area (Å²) in [5.74, 6) is 1.25. The van der Waals surface area contributed by atoms with Crippen molar-refractivity contribution in [1.29, 1.82) is 0 Å². The van der Waals surface area contributed by atoms with Gasteiger partial charge in [0.15, 0.2) is 0 Å². The van der Waals surface area contributed by atoms with Gasteiger partial charge < -0.3 is 9.89 Å². The predicted molar refractivity (Wildman–Crippen MR) is 38.4 cm³/mol. The molecule has 0 radical (unpaired) electrons. The van der Waals surface area contributed by atoms with Crippen LogP contribution in [0, 0.1) is 6.04 Å². The second-order valence-corrected chi connectivity index (χ2v) is 2.65. The van der Waals surface area contributed by atoms with Crippen molar-refractivity contribution >= 4 is 5.84 Å². The summed E-state index contributed by atoms with van der Waals surface area (Å²) in [4.78, 5) is 0. The Morgan fingerprint density at radius 3 is 2.33 bits per heavy atom. The summed E-state index contributed by atoms with van der Waals surface area (Å²) in [7, 11) is 2.08. The zero-order valence-corrected chi connectivity index (χ0v) is 6.52. The lowest BCUT2D eigenvalue weighted by atomic mass is 10.2. The molecule has 0 saturated heterocycles. The van der Waals surface area contributed by atoms with Crippen molar-refractivity contribution in [1.82, 2.24) is 5.32 Å². The number of amidine groups is 1. The number of nitrogens with one attached hydrogen (secondary N) is 1. The minimum Gasteiger partial charge on any atom is -0.395 e. The Morgan fingerprint density at radius 1 is 1.67 bits per heavy atom. The van der Waals surface area contributed by atoms with E-state index in [-0.39, 0.29) is 0 Å². The van der Waals surface area contributed by atoms with E-state index in [1.807, 2.05) is 0 Å². The van der Waals surface area contributed by atoms with E-state index in [0.717, 1.165) is 0 Å². The van der Waals surface area contributed by atoms with Crippen molar-refractivity contribution in [3.8, 4) is 0 Å². The molecule has 1 aliphatic rings. The first-order valence-electron chi connectivity index (χ1n) is 3.30. The van der Waals surface area contributed by atoms with E-state index in [9.17, 15) is 0 Å². The fourth-order valence-electron chi connectivity index (χ4n) is 1.07. The maximum atomic E-state index is 3.32.